The van der Waals surface area contributed by atoms with Gasteiger partial charge in [0.25, 0.3) is 0 Å². The Hall–Kier alpha value is -1.10. The number of hydrogen-bond acceptors (Lipinski definition) is 4. The van der Waals surface area contributed by atoms with Crippen LogP contribution in [0.1, 0.15) is 26.7 Å². The van der Waals surface area contributed by atoms with E-state index in [2.05, 4.69) is 4.74 Å². The number of ether oxygens (including phenoxy) is 2. The molecule has 0 radical (unpaired) electrons. The van der Waals surface area contributed by atoms with Crippen LogP contribution in [0.3, 0.4) is 0 Å². The molecule has 0 bridgehead atoms. The summed E-state index contributed by atoms with van der Waals surface area (Å²) in [6, 6.07) is 0. The molecule has 1 saturated heterocycles. The van der Waals surface area contributed by atoms with E-state index in [9.17, 15) is 9.59 Å². The zero-order chi connectivity index (χ0) is 13.7. The maximum Gasteiger partial charge on any atom is 0.310 e. The minimum atomic E-state index is -0.300. The van der Waals surface area contributed by atoms with Crippen molar-refractivity contribution in [3.05, 3.63) is 0 Å². The quantitative estimate of drug-likeness (QED) is 0.691. The summed E-state index contributed by atoms with van der Waals surface area (Å²) in [6.07, 6.45) is 1.64. The highest BCUT2D eigenvalue weighted by Gasteiger charge is 2.35. The lowest BCUT2D eigenvalue weighted by molar-refractivity contribution is -0.146. The molecular formula is C13H23NO4. The van der Waals surface area contributed by atoms with Gasteiger partial charge in [-0.15, -0.1) is 0 Å². The van der Waals surface area contributed by atoms with Gasteiger partial charge in [-0.3, -0.25) is 9.59 Å². The monoisotopic (exact) mass is 257 g/mol. The molecule has 0 saturated carbocycles. The first-order valence-corrected chi connectivity index (χ1v) is 6.45. The Labute approximate surface area is 108 Å². The van der Waals surface area contributed by atoms with Crippen molar-refractivity contribution in [1.82, 2.24) is 4.90 Å². The molecule has 5 heteroatoms. The van der Waals surface area contributed by atoms with E-state index < -0.39 is 0 Å². The molecule has 1 rings (SSSR count). The lowest BCUT2D eigenvalue weighted by Gasteiger charge is -2.25. The minimum absolute atomic E-state index is 0.0217. The Morgan fingerprint density at radius 1 is 1.50 bits per heavy atom. The maximum absolute atomic E-state index is 12.3. The van der Waals surface area contributed by atoms with Gasteiger partial charge in [-0.25, -0.2) is 0 Å². The molecule has 0 aromatic rings. The summed E-state index contributed by atoms with van der Waals surface area (Å²) >= 11 is 0. The summed E-state index contributed by atoms with van der Waals surface area (Å²) in [5.41, 5.74) is 0. The number of methoxy groups -OCH3 is 1. The van der Waals surface area contributed by atoms with Crippen LogP contribution >= 0.6 is 0 Å². The van der Waals surface area contributed by atoms with E-state index in [0.717, 1.165) is 12.8 Å². The molecular weight excluding hydrogens is 234 g/mol. The number of carbonyl (C=O) groups is 2. The third-order valence-electron chi connectivity index (χ3n) is 3.46. The molecule has 5 nitrogen and oxygen atoms in total. The molecule has 1 heterocycles. The summed E-state index contributed by atoms with van der Waals surface area (Å²) in [6.45, 7) is 4.82. The van der Waals surface area contributed by atoms with Gasteiger partial charge in [-0.05, 0) is 12.8 Å². The van der Waals surface area contributed by atoms with Crippen LogP contribution in [-0.2, 0) is 19.1 Å². The van der Waals surface area contributed by atoms with Crippen LogP contribution in [0.15, 0.2) is 0 Å². The molecule has 0 aliphatic carbocycles. The van der Waals surface area contributed by atoms with Gasteiger partial charge in [0, 0.05) is 20.2 Å². The fourth-order valence-electron chi connectivity index (χ4n) is 2.39. The zero-order valence-electron chi connectivity index (χ0n) is 11.6. The summed E-state index contributed by atoms with van der Waals surface area (Å²) in [4.78, 5) is 25.2. The zero-order valence-corrected chi connectivity index (χ0v) is 11.6. The Morgan fingerprint density at radius 3 is 2.72 bits per heavy atom. The number of hydrogen-bond donors (Lipinski definition) is 0. The Bertz CT molecular complexity index is 305. The third-order valence-corrected chi connectivity index (χ3v) is 3.46. The van der Waals surface area contributed by atoms with Crippen LogP contribution in [-0.4, -0.2) is 50.2 Å². The van der Waals surface area contributed by atoms with E-state index in [1.54, 1.807) is 18.9 Å². The van der Waals surface area contributed by atoms with Gasteiger partial charge in [0.05, 0.1) is 25.0 Å². The van der Waals surface area contributed by atoms with Crippen molar-refractivity contribution in [2.75, 3.05) is 27.3 Å². The standard InChI is InChI=1S/C13H23NO4/c1-5-11-10(6-7-18-11)12(15)14(3)8-9(2)13(16)17-4/h9-11H,5-8H2,1-4H3. The molecule has 104 valence electrons. The fourth-order valence-corrected chi connectivity index (χ4v) is 2.39. The average molecular weight is 257 g/mol. The second kappa shape index (κ2) is 6.73. The lowest BCUT2D eigenvalue weighted by Crippen LogP contribution is -2.40. The number of nitrogens with zero attached hydrogens (tertiary/aromatic N) is 1. The van der Waals surface area contributed by atoms with E-state index >= 15 is 0 Å². The number of carbonyl (C=O) groups excluding carboxylic acids is 2. The molecule has 3 atom stereocenters. The van der Waals surface area contributed by atoms with Crippen molar-refractivity contribution in [3.8, 4) is 0 Å². The molecule has 1 amide bonds. The molecule has 1 aliphatic heterocycles. The van der Waals surface area contributed by atoms with Crippen molar-refractivity contribution in [2.45, 2.75) is 32.8 Å². The Kier molecular flexibility index (Phi) is 5.59. The predicted octanol–water partition coefficient (Wildman–Crippen LogP) is 1.07. The van der Waals surface area contributed by atoms with Crippen LogP contribution in [0.4, 0.5) is 0 Å². The van der Waals surface area contributed by atoms with Gasteiger partial charge in [0.2, 0.25) is 5.91 Å². The minimum Gasteiger partial charge on any atom is -0.469 e. The molecule has 0 aromatic carbocycles. The first-order valence-electron chi connectivity index (χ1n) is 6.45. The number of amides is 1. The van der Waals surface area contributed by atoms with Crippen molar-refractivity contribution < 1.29 is 19.1 Å². The fraction of sp³-hybridized carbons (Fsp3) is 0.846. The first kappa shape index (κ1) is 15.0. The van der Waals surface area contributed by atoms with E-state index in [1.165, 1.54) is 7.11 Å². The van der Waals surface area contributed by atoms with Crippen LogP contribution in [0, 0.1) is 11.8 Å². The van der Waals surface area contributed by atoms with E-state index in [-0.39, 0.29) is 29.8 Å². The average Bonchev–Trinajstić information content (AvgIpc) is 2.84. The maximum atomic E-state index is 12.3. The van der Waals surface area contributed by atoms with Crippen LogP contribution < -0.4 is 0 Å². The molecule has 3 unspecified atom stereocenters. The topological polar surface area (TPSA) is 55.8 Å². The van der Waals surface area contributed by atoms with Crippen LogP contribution in [0.25, 0.3) is 0 Å². The van der Waals surface area contributed by atoms with E-state index in [4.69, 9.17) is 4.74 Å². The van der Waals surface area contributed by atoms with Crippen LogP contribution in [0.5, 0.6) is 0 Å². The van der Waals surface area contributed by atoms with Gasteiger partial charge in [-0.1, -0.05) is 13.8 Å². The second-order valence-electron chi connectivity index (χ2n) is 4.86. The SMILES string of the molecule is CCC1OCCC1C(=O)N(C)CC(C)C(=O)OC. The van der Waals surface area contributed by atoms with Gasteiger partial charge in [-0.2, -0.15) is 0 Å². The van der Waals surface area contributed by atoms with Crippen molar-refractivity contribution in [3.63, 3.8) is 0 Å². The van der Waals surface area contributed by atoms with Gasteiger partial charge in [0.15, 0.2) is 0 Å². The highest BCUT2D eigenvalue weighted by atomic mass is 16.5. The Morgan fingerprint density at radius 2 is 2.17 bits per heavy atom. The van der Waals surface area contributed by atoms with Gasteiger partial charge < -0.3 is 14.4 Å². The largest absolute Gasteiger partial charge is 0.469 e. The molecule has 0 N–H and O–H groups in total. The number of rotatable bonds is 5. The summed E-state index contributed by atoms with van der Waals surface area (Å²) in [7, 11) is 3.09. The molecule has 18 heavy (non-hydrogen) atoms. The smallest absolute Gasteiger partial charge is 0.310 e. The second-order valence-corrected chi connectivity index (χ2v) is 4.86. The third kappa shape index (κ3) is 3.45. The highest BCUT2D eigenvalue weighted by molar-refractivity contribution is 5.80. The highest BCUT2D eigenvalue weighted by Crippen LogP contribution is 2.25. The molecule has 0 spiro atoms. The summed E-state index contributed by atoms with van der Waals surface area (Å²) < 4.78 is 10.2. The molecule has 1 fully saturated rings. The van der Waals surface area contributed by atoms with Gasteiger partial charge in [0.1, 0.15) is 0 Å². The van der Waals surface area contributed by atoms with E-state index in [0.29, 0.717) is 13.2 Å². The van der Waals surface area contributed by atoms with Crippen molar-refractivity contribution >= 4 is 11.9 Å². The van der Waals surface area contributed by atoms with Crippen molar-refractivity contribution in [1.29, 1.82) is 0 Å². The first-order chi connectivity index (χ1) is 8.51. The molecule has 1 aliphatic rings. The van der Waals surface area contributed by atoms with E-state index in [1.807, 2.05) is 6.92 Å². The Balaban J connectivity index is 2.53. The van der Waals surface area contributed by atoms with Gasteiger partial charge >= 0.3 is 5.97 Å². The molecule has 0 aromatic heterocycles. The summed E-state index contributed by atoms with van der Waals surface area (Å²) in [5.74, 6) is -0.587. The predicted molar refractivity (Wildman–Crippen MR) is 67.0 cm³/mol. The van der Waals surface area contributed by atoms with Crippen LogP contribution in [0.2, 0.25) is 0 Å². The van der Waals surface area contributed by atoms with Crippen molar-refractivity contribution in [2.24, 2.45) is 11.8 Å². The lowest BCUT2D eigenvalue weighted by atomic mass is 9.97. The normalized spacial score (nSPS) is 24.7. The summed E-state index contributed by atoms with van der Waals surface area (Å²) in [5, 5.41) is 0. The number of esters is 1.